The Bertz CT molecular complexity index is 1420. The SMILES string of the molecule is CC.COc1ccc2c3c1OC1c4nc5cccc6c5c(c4CC4(O)[C@@H](C2)NCC[C@]314)NC6=O. The van der Waals surface area contributed by atoms with Gasteiger partial charge in [0.25, 0.3) is 5.91 Å². The van der Waals surface area contributed by atoms with Crippen molar-refractivity contribution in [3.63, 3.8) is 0 Å². The number of ether oxygens (including phenoxy) is 2. The summed E-state index contributed by atoms with van der Waals surface area (Å²) in [6.07, 6.45) is 1.46. The molecule has 174 valence electrons. The summed E-state index contributed by atoms with van der Waals surface area (Å²) < 4.78 is 12.4. The van der Waals surface area contributed by atoms with E-state index in [1.807, 2.05) is 38.1 Å². The van der Waals surface area contributed by atoms with Gasteiger partial charge in [0, 0.05) is 29.0 Å². The number of aliphatic hydroxyl groups is 1. The highest BCUT2D eigenvalue weighted by atomic mass is 16.5. The van der Waals surface area contributed by atoms with Gasteiger partial charge in [0.05, 0.1) is 40.6 Å². The Kier molecular flexibility index (Phi) is 3.86. The van der Waals surface area contributed by atoms with E-state index in [9.17, 15) is 9.90 Å². The summed E-state index contributed by atoms with van der Waals surface area (Å²) in [5.41, 5.74) is 4.56. The lowest BCUT2D eigenvalue weighted by Crippen LogP contribution is -2.74. The van der Waals surface area contributed by atoms with E-state index < -0.39 is 17.1 Å². The Morgan fingerprint density at radius 1 is 1.24 bits per heavy atom. The average molecular weight is 458 g/mol. The third kappa shape index (κ3) is 2.03. The van der Waals surface area contributed by atoms with Crippen LogP contribution in [0.3, 0.4) is 0 Å². The number of fused-ring (bicyclic) bond motifs is 3. The van der Waals surface area contributed by atoms with Crippen molar-refractivity contribution < 1.29 is 19.4 Å². The summed E-state index contributed by atoms with van der Waals surface area (Å²) in [5.74, 6) is 1.31. The maximum atomic E-state index is 12.7. The van der Waals surface area contributed by atoms with Crippen LogP contribution in [0, 0.1) is 0 Å². The zero-order valence-corrected chi connectivity index (χ0v) is 19.5. The minimum absolute atomic E-state index is 0.0995. The van der Waals surface area contributed by atoms with Crippen molar-refractivity contribution in [3.05, 3.63) is 58.3 Å². The molecule has 4 heterocycles. The molecular weight excluding hydrogens is 430 g/mol. The van der Waals surface area contributed by atoms with Crippen LogP contribution in [0.2, 0.25) is 0 Å². The molecule has 3 aromatic rings. The predicted molar refractivity (Wildman–Crippen MR) is 128 cm³/mol. The van der Waals surface area contributed by atoms with Gasteiger partial charge in [-0.2, -0.15) is 0 Å². The van der Waals surface area contributed by atoms with Crippen LogP contribution in [-0.4, -0.2) is 41.3 Å². The van der Waals surface area contributed by atoms with E-state index in [0.29, 0.717) is 17.7 Å². The van der Waals surface area contributed by atoms with E-state index >= 15 is 0 Å². The van der Waals surface area contributed by atoms with Crippen molar-refractivity contribution in [3.8, 4) is 11.5 Å². The molecule has 0 radical (unpaired) electrons. The second kappa shape index (κ2) is 6.49. The van der Waals surface area contributed by atoms with Gasteiger partial charge in [-0.1, -0.05) is 26.0 Å². The lowest BCUT2D eigenvalue weighted by atomic mass is 9.49. The quantitative estimate of drug-likeness (QED) is 0.519. The number of nitrogens with zero attached hydrogens (tertiary/aromatic N) is 1. The molecule has 3 aliphatic heterocycles. The first kappa shape index (κ1) is 20.2. The number of anilines is 1. The monoisotopic (exact) mass is 457 g/mol. The number of benzene rings is 2. The van der Waals surface area contributed by atoms with Gasteiger partial charge in [0.1, 0.15) is 0 Å². The Morgan fingerprint density at radius 3 is 2.91 bits per heavy atom. The van der Waals surface area contributed by atoms with E-state index in [4.69, 9.17) is 14.5 Å². The fraction of sp³-hybridized carbons (Fsp3) is 0.407. The molecule has 34 heavy (non-hydrogen) atoms. The average Bonchev–Trinajstić information content (AvgIpc) is 3.37. The Morgan fingerprint density at radius 2 is 2.09 bits per heavy atom. The lowest BCUT2D eigenvalue weighted by Gasteiger charge is -2.60. The third-order valence-corrected chi connectivity index (χ3v) is 8.56. The molecule has 2 unspecified atom stereocenters. The summed E-state index contributed by atoms with van der Waals surface area (Å²) in [6.45, 7) is 4.81. The number of rotatable bonds is 1. The number of aromatic nitrogens is 1. The second-order valence-electron chi connectivity index (χ2n) is 9.67. The molecule has 0 saturated carbocycles. The number of nitrogens with one attached hydrogen (secondary N) is 2. The topological polar surface area (TPSA) is 92.7 Å². The number of pyridine rings is 1. The summed E-state index contributed by atoms with van der Waals surface area (Å²) in [5, 5.41) is 20.0. The van der Waals surface area contributed by atoms with Crippen LogP contribution >= 0.6 is 0 Å². The van der Waals surface area contributed by atoms with Gasteiger partial charge >= 0.3 is 0 Å². The van der Waals surface area contributed by atoms with E-state index in [0.717, 1.165) is 58.5 Å². The number of piperidine rings is 1. The van der Waals surface area contributed by atoms with Crippen LogP contribution in [0.15, 0.2) is 30.3 Å². The van der Waals surface area contributed by atoms with E-state index in [1.165, 1.54) is 5.56 Å². The second-order valence-corrected chi connectivity index (χ2v) is 9.67. The molecule has 2 aliphatic carbocycles. The summed E-state index contributed by atoms with van der Waals surface area (Å²) in [4.78, 5) is 17.8. The standard InChI is InChI=1S/C25H21N3O4.C2H6/c1-31-15-6-5-11-9-16-25(30)10-13-19-17-12(23(29)28-19)3-2-4-14(17)27-20(13)22-24(25,7-8-26-16)18(11)21(15)32-22;1-2/h2-6,16,22,26,30H,7-10H2,1H3,(H,28,29);1-2H3/t16-,22?,24+,25?;/m1./s1. The van der Waals surface area contributed by atoms with Crippen LogP contribution in [-0.2, 0) is 18.3 Å². The first-order valence-electron chi connectivity index (χ1n) is 12.2. The number of hydrogen-bond acceptors (Lipinski definition) is 6. The normalized spacial score (nSPS) is 30.5. The summed E-state index contributed by atoms with van der Waals surface area (Å²) in [7, 11) is 1.65. The predicted octanol–water partition coefficient (Wildman–Crippen LogP) is 3.41. The van der Waals surface area contributed by atoms with Crippen LogP contribution < -0.4 is 20.1 Å². The van der Waals surface area contributed by atoms with Crippen LogP contribution in [0.1, 0.15) is 59.1 Å². The smallest absolute Gasteiger partial charge is 0.256 e. The molecule has 1 fully saturated rings. The van der Waals surface area contributed by atoms with Crippen molar-refractivity contribution in [1.29, 1.82) is 0 Å². The molecule has 3 N–H and O–H groups in total. The van der Waals surface area contributed by atoms with Crippen LogP contribution in [0.4, 0.5) is 5.69 Å². The van der Waals surface area contributed by atoms with Crippen molar-refractivity contribution in [2.24, 2.45) is 0 Å². The molecule has 2 bridgehead atoms. The van der Waals surface area contributed by atoms with Gasteiger partial charge < -0.3 is 25.2 Å². The highest BCUT2D eigenvalue weighted by Gasteiger charge is 2.72. The number of carbonyl (C=O) groups excluding carboxylic acids is 1. The molecule has 7 heteroatoms. The molecule has 2 aromatic carbocycles. The van der Waals surface area contributed by atoms with E-state index in [1.54, 1.807) is 7.11 Å². The highest BCUT2D eigenvalue weighted by Crippen LogP contribution is 2.68. The fourth-order valence-electron chi connectivity index (χ4n) is 7.31. The summed E-state index contributed by atoms with van der Waals surface area (Å²) in [6, 6.07) is 9.62. The van der Waals surface area contributed by atoms with Crippen LogP contribution in [0.25, 0.3) is 10.9 Å². The lowest BCUT2D eigenvalue weighted by molar-refractivity contribution is -0.134. The molecule has 1 aromatic heterocycles. The van der Waals surface area contributed by atoms with Crippen molar-refractivity contribution in [2.75, 3.05) is 19.0 Å². The zero-order chi connectivity index (χ0) is 23.4. The molecule has 1 amide bonds. The first-order valence-corrected chi connectivity index (χ1v) is 12.2. The van der Waals surface area contributed by atoms with Gasteiger partial charge in [-0.25, -0.2) is 4.98 Å². The Hall–Kier alpha value is -3.16. The minimum Gasteiger partial charge on any atom is -0.493 e. The van der Waals surface area contributed by atoms with Gasteiger partial charge in [0.2, 0.25) is 0 Å². The maximum absolute atomic E-state index is 12.7. The third-order valence-electron chi connectivity index (χ3n) is 8.56. The highest BCUT2D eigenvalue weighted by molar-refractivity contribution is 6.24. The number of methoxy groups -OCH3 is 1. The van der Waals surface area contributed by atoms with Gasteiger partial charge in [0.15, 0.2) is 17.6 Å². The van der Waals surface area contributed by atoms with Crippen molar-refractivity contribution in [2.45, 2.75) is 56.3 Å². The summed E-state index contributed by atoms with van der Waals surface area (Å²) >= 11 is 0. The van der Waals surface area contributed by atoms with Crippen molar-refractivity contribution >= 4 is 22.5 Å². The molecule has 1 saturated heterocycles. The zero-order valence-electron chi connectivity index (χ0n) is 19.5. The van der Waals surface area contributed by atoms with Gasteiger partial charge in [-0.05, 0) is 43.1 Å². The molecule has 4 atom stereocenters. The maximum Gasteiger partial charge on any atom is 0.256 e. The molecule has 1 spiro atoms. The molecule has 5 aliphatic rings. The minimum atomic E-state index is -1.05. The van der Waals surface area contributed by atoms with Gasteiger partial charge in [-0.15, -0.1) is 0 Å². The Labute approximate surface area is 197 Å². The van der Waals surface area contributed by atoms with E-state index in [2.05, 4.69) is 16.7 Å². The van der Waals surface area contributed by atoms with Crippen molar-refractivity contribution in [1.82, 2.24) is 10.3 Å². The number of carbonyl (C=O) groups is 1. The molecular formula is C27H27N3O4. The largest absolute Gasteiger partial charge is 0.493 e. The van der Waals surface area contributed by atoms with Gasteiger partial charge in [-0.3, -0.25) is 4.79 Å². The van der Waals surface area contributed by atoms with Crippen LogP contribution in [0.5, 0.6) is 11.5 Å². The Balaban J connectivity index is 0.000000977. The van der Waals surface area contributed by atoms with E-state index in [-0.39, 0.29) is 11.9 Å². The number of hydrogen-bond donors (Lipinski definition) is 3. The fourth-order valence-corrected chi connectivity index (χ4v) is 7.31. The molecule has 7 nitrogen and oxygen atoms in total. The number of amides is 1. The molecule has 8 rings (SSSR count). The first-order chi connectivity index (χ1) is 16.6.